The quantitative estimate of drug-likeness (QED) is 0.549. The van der Waals surface area contributed by atoms with Gasteiger partial charge in [0.25, 0.3) is 5.91 Å². The predicted octanol–water partition coefficient (Wildman–Crippen LogP) is 2.57. The maximum Gasteiger partial charge on any atom is 0.251 e. The lowest BCUT2D eigenvalue weighted by atomic mass is 10.1. The van der Waals surface area contributed by atoms with Gasteiger partial charge < -0.3 is 15.0 Å². The van der Waals surface area contributed by atoms with Crippen LogP contribution in [0.25, 0.3) is 0 Å². The van der Waals surface area contributed by atoms with Crippen LogP contribution in [0.4, 0.5) is 5.69 Å². The van der Waals surface area contributed by atoms with Crippen molar-refractivity contribution in [2.45, 2.75) is 36.7 Å². The van der Waals surface area contributed by atoms with Crippen molar-refractivity contribution in [3.8, 4) is 0 Å². The van der Waals surface area contributed by atoms with Crippen molar-refractivity contribution in [3.05, 3.63) is 59.7 Å². The molecule has 7 nitrogen and oxygen atoms in total. The molecule has 2 aromatic rings. The van der Waals surface area contributed by atoms with Crippen LogP contribution in [0, 0.1) is 0 Å². The number of aryl methyl sites for hydroxylation is 1. The first-order valence-corrected chi connectivity index (χ1v) is 12.1. The molecule has 2 aromatic carbocycles. The van der Waals surface area contributed by atoms with Gasteiger partial charge in [-0.1, -0.05) is 18.2 Å². The van der Waals surface area contributed by atoms with E-state index in [9.17, 15) is 13.2 Å². The van der Waals surface area contributed by atoms with Gasteiger partial charge in [-0.25, -0.2) is 13.1 Å². The van der Waals surface area contributed by atoms with Gasteiger partial charge in [0.15, 0.2) is 0 Å². The molecule has 0 bridgehead atoms. The molecule has 1 amide bonds. The third kappa shape index (κ3) is 6.78. The fraction of sp³-hybridized carbons (Fsp3) is 0.435. The maximum absolute atomic E-state index is 12.5. The summed E-state index contributed by atoms with van der Waals surface area (Å²) in [5.74, 6) is -0.279. The van der Waals surface area contributed by atoms with Crippen molar-refractivity contribution < 1.29 is 17.9 Å². The van der Waals surface area contributed by atoms with Crippen LogP contribution in [0.5, 0.6) is 0 Å². The number of carbonyl (C=O) groups is 1. The smallest absolute Gasteiger partial charge is 0.251 e. The summed E-state index contributed by atoms with van der Waals surface area (Å²) in [6, 6.07) is 14.4. The number of sulfonamides is 1. The van der Waals surface area contributed by atoms with Gasteiger partial charge >= 0.3 is 0 Å². The molecule has 1 aliphatic heterocycles. The lowest BCUT2D eigenvalue weighted by molar-refractivity contribution is 0.0953. The number of hydrogen-bond acceptors (Lipinski definition) is 5. The molecular weight excluding hydrogens is 414 g/mol. The van der Waals surface area contributed by atoms with Crippen molar-refractivity contribution in [2.24, 2.45) is 0 Å². The van der Waals surface area contributed by atoms with Gasteiger partial charge in [-0.2, -0.15) is 0 Å². The minimum absolute atomic E-state index is 0.0825. The van der Waals surface area contributed by atoms with Crippen LogP contribution in [-0.4, -0.2) is 54.2 Å². The Hall–Kier alpha value is -2.42. The largest absolute Gasteiger partial charge is 0.378 e. The molecule has 1 heterocycles. The standard InChI is InChI=1S/C23H31N3O4S/c1-26(2)20-12-10-18(11-13-20)6-4-14-24-23(27)19-7-3-9-22(16-19)31(28,29)25-17-21-8-5-15-30-21/h3,7,9-13,16,21,25H,4-6,8,14-15,17H2,1-2H3,(H,24,27). The lowest BCUT2D eigenvalue weighted by Gasteiger charge is -2.13. The Morgan fingerprint density at radius 3 is 2.61 bits per heavy atom. The molecule has 3 rings (SSSR count). The highest BCUT2D eigenvalue weighted by Crippen LogP contribution is 2.15. The van der Waals surface area contributed by atoms with Crippen molar-refractivity contribution >= 4 is 21.6 Å². The number of nitrogens with zero attached hydrogens (tertiary/aromatic N) is 1. The van der Waals surface area contributed by atoms with Crippen molar-refractivity contribution in [1.29, 1.82) is 0 Å². The first-order chi connectivity index (χ1) is 14.8. The van der Waals surface area contributed by atoms with Crippen molar-refractivity contribution in [1.82, 2.24) is 10.0 Å². The number of hydrogen-bond donors (Lipinski definition) is 2. The van der Waals surface area contributed by atoms with Gasteiger partial charge in [-0.15, -0.1) is 0 Å². The van der Waals surface area contributed by atoms with E-state index in [0.717, 1.165) is 31.4 Å². The van der Waals surface area contributed by atoms with Gasteiger partial charge in [-0.05, 0) is 61.6 Å². The average Bonchev–Trinajstić information content (AvgIpc) is 3.29. The second-order valence-corrected chi connectivity index (χ2v) is 9.70. The van der Waals surface area contributed by atoms with Gasteiger partial charge in [0.2, 0.25) is 10.0 Å². The first-order valence-electron chi connectivity index (χ1n) is 10.6. The second-order valence-electron chi connectivity index (χ2n) is 7.94. The maximum atomic E-state index is 12.5. The highest BCUT2D eigenvalue weighted by molar-refractivity contribution is 7.89. The Labute approximate surface area is 184 Å². The van der Waals surface area contributed by atoms with Crippen LogP contribution in [-0.2, 0) is 21.2 Å². The third-order valence-electron chi connectivity index (χ3n) is 5.31. The minimum Gasteiger partial charge on any atom is -0.378 e. The van der Waals surface area contributed by atoms with Crippen LogP contribution in [0.2, 0.25) is 0 Å². The normalized spacial score (nSPS) is 16.3. The minimum atomic E-state index is -3.69. The van der Waals surface area contributed by atoms with Gasteiger partial charge in [-0.3, -0.25) is 4.79 Å². The molecule has 1 atom stereocenters. The summed E-state index contributed by atoms with van der Waals surface area (Å²) in [6.45, 7) is 1.43. The molecule has 1 saturated heterocycles. The van der Waals surface area contributed by atoms with E-state index in [2.05, 4.69) is 39.2 Å². The topological polar surface area (TPSA) is 87.7 Å². The number of amides is 1. The van der Waals surface area contributed by atoms with Crippen LogP contribution < -0.4 is 14.9 Å². The van der Waals surface area contributed by atoms with Crippen LogP contribution >= 0.6 is 0 Å². The molecule has 1 unspecified atom stereocenters. The molecular formula is C23H31N3O4S. The molecule has 2 N–H and O–H groups in total. The van der Waals surface area contributed by atoms with E-state index in [4.69, 9.17) is 4.74 Å². The zero-order valence-corrected chi connectivity index (χ0v) is 19.0. The summed E-state index contributed by atoms with van der Waals surface area (Å²) < 4.78 is 33.1. The van der Waals surface area contributed by atoms with E-state index < -0.39 is 10.0 Å². The Kier molecular flexibility index (Phi) is 8.06. The van der Waals surface area contributed by atoms with E-state index in [1.54, 1.807) is 12.1 Å². The molecule has 168 valence electrons. The van der Waals surface area contributed by atoms with E-state index in [-0.39, 0.29) is 23.5 Å². The van der Waals surface area contributed by atoms with Crippen LogP contribution in [0.1, 0.15) is 35.2 Å². The van der Waals surface area contributed by atoms with E-state index >= 15 is 0 Å². The highest BCUT2D eigenvalue weighted by atomic mass is 32.2. The fourth-order valence-electron chi connectivity index (χ4n) is 3.45. The Bertz CT molecular complexity index is 969. The molecule has 0 radical (unpaired) electrons. The van der Waals surface area contributed by atoms with E-state index in [1.807, 2.05) is 14.1 Å². The van der Waals surface area contributed by atoms with Gasteiger partial charge in [0.05, 0.1) is 11.0 Å². The number of rotatable bonds is 10. The predicted molar refractivity (Wildman–Crippen MR) is 122 cm³/mol. The number of carbonyl (C=O) groups excluding carboxylic acids is 1. The molecule has 31 heavy (non-hydrogen) atoms. The van der Waals surface area contributed by atoms with E-state index in [0.29, 0.717) is 18.7 Å². The average molecular weight is 446 g/mol. The number of ether oxygens (including phenoxy) is 1. The van der Waals surface area contributed by atoms with Crippen molar-refractivity contribution in [3.63, 3.8) is 0 Å². The summed E-state index contributed by atoms with van der Waals surface area (Å²) in [7, 11) is 0.322. The summed E-state index contributed by atoms with van der Waals surface area (Å²) in [5.41, 5.74) is 2.69. The number of anilines is 1. The summed E-state index contributed by atoms with van der Waals surface area (Å²) in [5, 5.41) is 2.87. The zero-order valence-electron chi connectivity index (χ0n) is 18.1. The van der Waals surface area contributed by atoms with Crippen LogP contribution in [0.15, 0.2) is 53.4 Å². The lowest BCUT2D eigenvalue weighted by Crippen LogP contribution is -2.32. The van der Waals surface area contributed by atoms with Gasteiger partial charge in [0, 0.05) is 45.0 Å². The molecule has 1 fully saturated rings. The summed E-state index contributed by atoms with van der Waals surface area (Å²) in [6.07, 6.45) is 3.37. The molecule has 8 heteroatoms. The fourth-order valence-corrected chi connectivity index (χ4v) is 4.56. The molecule has 0 spiro atoms. The summed E-state index contributed by atoms with van der Waals surface area (Å²) in [4.78, 5) is 14.6. The molecule has 0 aliphatic carbocycles. The second kappa shape index (κ2) is 10.7. The summed E-state index contributed by atoms with van der Waals surface area (Å²) >= 11 is 0. The van der Waals surface area contributed by atoms with Crippen LogP contribution in [0.3, 0.4) is 0 Å². The molecule has 0 saturated carbocycles. The first kappa shape index (κ1) is 23.2. The monoisotopic (exact) mass is 445 g/mol. The SMILES string of the molecule is CN(C)c1ccc(CCCNC(=O)c2cccc(S(=O)(=O)NCC3CCCO3)c2)cc1. The Balaban J connectivity index is 1.48. The zero-order chi connectivity index (χ0) is 22.3. The van der Waals surface area contributed by atoms with Crippen molar-refractivity contribution in [2.75, 3.05) is 38.7 Å². The van der Waals surface area contributed by atoms with E-state index in [1.165, 1.54) is 17.7 Å². The molecule has 0 aromatic heterocycles. The third-order valence-corrected chi connectivity index (χ3v) is 6.73. The molecule has 1 aliphatic rings. The highest BCUT2D eigenvalue weighted by Gasteiger charge is 2.21. The Morgan fingerprint density at radius 1 is 1.16 bits per heavy atom. The Morgan fingerprint density at radius 2 is 1.94 bits per heavy atom. The number of benzene rings is 2. The van der Waals surface area contributed by atoms with Gasteiger partial charge in [0.1, 0.15) is 0 Å². The number of nitrogens with one attached hydrogen (secondary N) is 2.